The molecule has 2 atom stereocenters. The summed E-state index contributed by atoms with van der Waals surface area (Å²) in [6.07, 6.45) is 3.40. The van der Waals surface area contributed by atoms with Crippen molar-refractivity contribution in [1.82, 2.24) is 4.90 Å². The lowest BCUT2D eigenvalue weighted by molar-refractivity contribution is 0.0700. The van der Waals surface area contributed by atoms with E-state index in [4.69, 9.17) is 5.73 Å². The standard InChI is InChI=1S/C12H17BrN2OS/c1-15(10-4-2-3-8(10)6-14)12(16)9-5-11(13)17-7-9/h5,7-8,10H,2-4,6,14H2,1H3. The summed E-state index contributed by atoms with van der Waals surface area (Å²) in [6, 6.07) is 2.20. The number of halogens is 1. The van der Waals surface area contributed by atoms with Crippen molar-refractivity contribution in [2.24, 2.45) is 11.7 Å². The van der Waals surface area contributed by atoms with E-state index < -0.39 is 0 Å². The molecule has 1 fully saturated rings. The Morgan fingerprint density at radius 1 is 1.65 bits per heavy atom. The molecule has 0 radical (unpaired) electrons. The first-order valence-corrected chi connectivity index (χ1v) is 7.52. The fourth-order valence-electron chi connectivity index (χ4n) is 2.58. The monoisotopic (exact) mass is 316 g/mol. The first-order valence-electron chi connectivity index (χ1n) is 5.84. The predicted octanol–water partition coefficient (Wildman–Crippen LogP) is 2.71. The van der Waals surface area contributed by atoms with Gasteiger partial charge in [-0.3, -0.25) is 4.79 Å². The van der Waals surface area contributed by atoms with Crippen LogP contribution in [0.5, 0.6) is 0 Å². The number of carbonyl (C=O) groups is 1. The van der Waals surface area contributed by atoms with Crippen LogP contribution in [-0.4, -0.2) is 30.4 Å². The molecule has 94 valence electrons. The smallest absolute Gasteiger partial charge is 0.254 e. The lowest BCUT2D eigenvalue weighted by atomic mass is 10.0. The molecule has 2 N–H and O–H groups in total. The molecule has 5 heteroatoms. The summed E-state index contributed by atoms with van der Waals surface area (Å²) in [4.78, 5) is 14.2. The molecular weight excluding hydrogens is 300 g/mol. The Morgan fingerprint density at radius 3 is 3.00 bits per heavy atom. The van der Waals surface area contributed by atoms with E-state index in [-0.39, 0.29) is 5.91 Å². The van der Waals surface area contributed by atoms with Crippen LogP contribution in [0.15, 0.2) is 15.2 Å². The quantitative estimate of drug-likeness (QED) is 0.932. The summed E-state index contributed by atoms with van der Waals surface area (Å²) in [5.74, 6) is 0.573. The van der Waals surface area contributed by atoms with Crippen LogP contribution in [0.2, 0.25) is 0 Å². The van der Waals surface area contributed by atoms with Crippen molar-refractivity contribution >= 4 is 33.2 Å². The molecule has 3 nitrogen and oxygen atoms in total. The number of hydrogen-bond acceptors (Lipinski definition) is 3. The first kappa shape index (κ1) is 13.1. The maximum Gasteiger partial charge on any atom is 0.254 e. The molecular formula is C12H17BrN2OS. The third-order valence-corrected chi connectivity index (χ3v) is 5.06. The van der Waals surface area contributed by atoms with Crippen LogP contribution in [0.3, 0.4) is 0 Å². The average molecular weight is 317 g/mol. The summed E-state index contributed by atoms with van der Waals surface area (Å²) in [7, 11) is 1.90. The van der Waals surface area contributed by atoms with E-state index in [0.29, 0.717) is 18.5 Å². The number of amides is 1. The van der Waals surface area contributed by atoms with E-state index in [1.807, 2.05) is 23.4 Å². The number of hydrogen-bond donors (Lipinski definition) is 1. The van der Waals surface area contributed by atoms with Gasteiger partial charge in [-0.2, -0.15) is 0 Å². The van der Waals surface area contributed by atoms with E-state index in [1.54, 1.807) is 11.3 Å². The van der Waals surface area contributed by atoms with Gasteiger partial charge in [0.25, 0.3) is 5.91 Å². The van der Waals surface area contributed by atoms with Crippen LogP contribution in [0, 0.1) is 5.92 Å². The molecule has 1 saturated carbocycles. The highest BCUT2D eigenvalue weighted by atomic mass is 79.9. The van der Waals surface area contributed by atoms with Gasteiger partial charge < -0.3 is 10.6 Å². The maximum absolute atomic E-state index is 12.3. The van der Waals surface area contributed by atoms with E-state index in [1.165, 1.54) is 6.42 Å². The topological polar surface area (TPSA) is 46.3 Å². The van der Waals surface area contributed by atoms with E-state index in [2.05, 4.69) is 15.9 Å². The van der Waals surface area contributed by atoms with Crippen LogP contribution in [-0.2, 0) is 0 Å². The molecule has 1 aromatic heterocycles. The molecule has 1 amide bonds. The summed E-state index contributed by atoms with van der Waals surface area (Å²) in [6.45, 7) is 0.676. The summed E-state index contributed by atoms with van der Waals surface area (Å²) < 4.78 is 0.996. The van der Waals surface area contributed by atoms with Crippen molar-refractivity contribution in [3.05, 3.63) is 20.8 Å². The van der Waals surface area contributed by atoms with Crippen molar-refractivity contribution in [2.45, 2.75) is 25.3 Å². The Hall–Kier alpha value is -0.390. The molecule has 1 heterocycles. The van der Waals surface area contributed by atoms with Crippen molar-refractivity contribution in [1.29, 1.82) is 0 Å². The summed E-state index contributed by atoms with van der Waals surface area (Å²) >= 11 is 4.93. The normalized spacial score (nSPS) is 23.9. The lowest BCUT2D eigenvalue weighted by Crippen LogP contribution is -2.41. The van der Waals surface area contributed by atoms with Gasteiger partial charge in [-0.1, -0.05) is 6.42 Å². The third kappa shape index (κ3) is 2.72. The minimum atomic E-state index is 0.109. The molecule has 0 aliphatic heterocycles. The third-order valence-electron chi connectivity index (χ3n) is 3.55. The van der Waals surface area contributed by atoms with Gasteiger partial charge in [0, 0.05) is 18.5 Å². The van der Waals surface area contributed by atoms with Crippen LogP contribution in [0.1, 0.15) is 29.6 Å². The van der Waals surface area contributed by atoms with E-state index in [9.17, 15) is 4.79 Å². The maximum atomic E-state index is 12.3. The van der Waals surface area contributed by atoms with Crippen LogP contribution >= 0.6 is 27.3 Å². The van der Waals surface area contributed by atoms with Gasteiger partial charge in [-0.05, 0) is 47.3 Å². The summed E-state index contributed by atoms with van der Waals surface area (Å²) in [5, 5.41) is 1.90. The Labute approximate surface area is 114 Å². The van der Waals surface area contributed by atoms with Crippen LogP contribution < -0.4 is 5.73 Å². The van der Waals surface area contributed by atoms with Gasteiger partial charge in [-0.15, -0.1) is 11.3 Å². The zero-order valence-electron chi connectivity index (χ0n) is 9.86. The molecule has 0 aromatic carbocycles. The first-order chi connectivity index (χ1) is 8.13. The predicted molar refractivity (Wildman–Crippen MR) is 74.3 cm³/mol. The molecule has 1 aromatic rings. The SMILES string of the molecule is CN(C(=O)c1csc(Br)c1)C1CCCC1CN. The Kier molecular flexibility index (Phi) is 4.22. The lowest BCUT2D eigenvalue weighted by Gasteiger charge is -2.29. The fourth-order valence-corrected chi connectivity index (χ4v) is 3.71. The number of rotatable bonds is 3. The average Bonchev–Trinajstić information content (AvgIpc) is 2.95. The minimum Gasteiger partial charge on any atom is -0.338 e. The highest BCUT2D eigenvalue weighted by Crippen LogP contribution is 2.30. The molecule has 0 saturated heterocycles. The molecule has 0 spiro atoms. The van der Waals surface area contributed by atoms with Crippen LogP contribution in [0.25, 0.3) is 0 Å². The Bertz CT molecular complexity index is 407. The number of nitrogens with two attached hydrogens (primary N) is 1. The van der Waals surface area contributed by atoms with Gasteiger partial charge in [-0.25, -0.2) is 0 Å². The number of thiophene rings is 1. The zero-order chi connectivity index (χ0) is 12.4. The van der Waals surface area contributed by atoms with E-state index >= 15 is 0 Å². The highest BCUT2D eigenvalue weighted by Gasteiger charge is 2.32. The minimum absolute atomic E-state index is 0.109. The molecule has 2 rings (SSSR count). The van der Waals surface area contributed by atoms with Crippen molar-refractivity contribution in [2.75, 3.05) is 13.6 Å². The largest absolute Gasteiger partial charge is 0.338 e. The molecule has 0 bridgehead atoms. The highest BCUT2D eigenvalue weighted by molar-refractivity contribution is 9.11. The second-order valence-corrected chi connectivity index (χ2v) is 6.84. The van der Waals surface area contributed by atoms with Gasteiger partial charge in [0.15, 0.2) is 0 Å². The molecule has 1 aliphatic rings. The Morgan fingerprint density at radius 2 is 2.41 bits per heavy atom. The number of nitrogens with zero attached hydrogens (tertiary/aromatic N) is 1. The van der Waals surface area contributed by atoms with Gasteiger partial charge in [0.05, 0.1) is 9.35 Å². The van der Waals surface area contributed by atoms with Gasteiger partial charge in [0.2, 0.25) is 0 Å². The Balaban J connectivity index is 2.09. The fraction of sp³-hybridized carbons (Fsp3) is 0.583. The van der Waals surface area contributed by atoms with Crippen molar-refractivity contribution in [3.63, 3.8) is 0 Å². The second-order valence-electron chi connectivity index (χ2n) is 4.55. The van der Waals surface area contributed by atoms with Gasteiger partial charge in [0.1, 0.15) is 0 Å². The second kappa shape index (κ2) is 5.50. The zero-order valence-corrected chi connectivity index (χ0v) is 12.3. The van der Waals surface area contributed by atoms with Crippen molar-refractivity contribution in [3.8, 4) is 0 Å². The molecule has 17 heavy (non-hydrogen) atoms. The summed E-state index contributed by atoms with van der Waals surface area (Å²) in [5.41, 5.74) is 6.53. The van der Waals surface area contributed by atoms with Crippen molar-refractivity contribution < 1.29 is 4.79 Å². The van der Waals surface area contributed by atoms with Gasteiger partial charge >= 0.3 is 0 Å². The van der Waals surface area contributed by atoms with Crippen LogP contribution in [0.4, 0.5) is 0 Å². The molecule has 1 aliphatic carbocycles. The van der Waals surface area contributed by atoms with E-state index in [0.717, 1.165) is 22.2 Å². The number of carbonyl (C=O) groups excluding carboxylic acids is 1. The molecule has 2 unspecified atom stereocenters.